The maximum atomic E-state index is 5.47. The molecule has 0 fully saturated rings. The fraction of sp³-hybridized carbons (Fsp3) is 0.111. The fourth-order valence-electron chi connectivity index (χ4n) is 1.13. The second-order valence-corrected chi connectivity index (χ2v) is 2.85. The van der Waals surface area contributed by atoms with Gasteiger partial charge in [0.1, 0.15) is 5.82 Å². The lowest BCUT2D eigenvalue weighted by molar-refractivity contribution is 0.771. The average Bonchev–Trinajstić information content (AvgIpc) is 2.53. The molecule has 0 saturated carbocycles. The van der Waals surface area contributed by atoms with Gasteiger partial charge in [0.05, 0.1) is 5.69 Å². The summed E-state index contributed by atoms with van der Waals surface area (Å²) in [7, 11) is 1.88. The summed E-state index contributed by atoms with van der Waals surface area (Å²) in [5, 5.41) is 4.25. The van der Waals surface area contributed by atoms with Crippen molar-refractivity contribution >= 4 is 5.82 Å². The van der Waals surface area contributed by atoms with E-state index in [2.05, 4.69) is 10.1 Å². The minimum atomic E-state index is 0.527. The van der Waals surface area contributed by atoms with Crippen molar-refractivity contribution in [3.05, 3.63) is 30.6 Å². The quantitative estimate of drug-likeness (QED) is 0.703. The van der Waals surface area contributed by atoms with Crippen LogP contribution in [0.5, 0.6) is 0 Å². The average molecular weight is 174 g/mol. The molecule has 2 heterocycles. The van der Waals surface area contributed by atoms with Crippen LogP contribution in [0.1, 0.15) is 0 Å². The first-order valence-corrected chi connectivity index (χ1v) is 3.97. The van der Waals surface area contributed by atoms with E-state index in [4.69, 9.17) is 5.73 Å². The fourth-order valence-corrected chi connectivity index (χ4v) is 1.13. The zero-order chi connectivity index (χ0) is 9.26. The van der Waals surface area contributed by atoms with Gasteiger partial charge < -0.3 is 5.73 Å². The Balaban J connectivity index is 2.41. The van der Waals surface area contributed by atoms with Gasteiger partial charge in [-0.2, -0.15) is 5.10 Å². The topological polar surface area (TPSA) is 56.7 Å². The summed E-state index contributed by atoms with van der Waals surface area (Å²) >= 11 is 0. The van der Waals surface area contributed by atoms with Gasteiger partial charge in [0, 0.05) is 25.0 Å². The van der Waals surface area contributed by atoms with Crippen LogP contribution in [0.3, 0.4) is 0 Å². The van der Waals surface area contributed by atoms with Gasteiger partial charge >= 0.3 is 0 Å². The molecule has 4 heteroatoms. The number of nitrogens with zero attached hydrogens (tertiary/aromatic N) is 3. The van der Waals surface area contributed by atoms with Crippen molar-refractivity contribution in [3.8, 4) is 11.3 Å². The molecule has 4 nitrogen and oxygen atoms in total. The van der Waals surface area contributed by atoms with Crippen LogP contribution in [-0.2, 0) is 7.05 Å². The van der Waals surface area contributed by atoms with E-state index in [9.17, 15) is 0 Å². The number of hydrogen-bond acceptors (Lipinski definition) is 3. The van der Waals surface area contributed by atoms with E-state index in [-0.39, 0.29) is 0 Å². The number of rotatable bonds is 1. The lowest BCUT2D eigenvalue weighted by Crippen LogP contribution is -1.90. The minimum absolute atomic E-state index is 0.527. The Bertz CT molecular complexity index is 402. The van der Waals surface area contributed by atoms with E-state index in [1.807, 2.05) is 25.4 Å². The second kappa shape index (κ2) is 2.90. The molecular weight excluding hydrogens is 164 g/mol. The molecule has 2 rings (SSSR count). The van der Waals surface area contributed by atoms with Crippen molar-refractivity contribution in [2.24, 2.45) is 7.05 Å². The Kier molecular flexibility index (Phi) is 1.73. The number of pyridine rings is 1. The Hall–Kier alpha value is -1.84. The molecule has 13 heavy (non-hydrogen) atoms. The largest absolute Gasteiger partial charge is 0.384 e. The highest BCUT2D eigenvalue weighted by atomic mass is 15.2. The molecular formula is C9H10N4. The SMILES string of the molecule is Cn1ccc(-c2ccc(N)nc2)n1. The first-order valence-electron chi connectivity index (χ1n) is 3.97. The number of aryl methyl sites for hydroxylation is 1. The zero-order valence-corrected chi connectivity index (χ0v) is 7.31. The van der Waals surface area contributed by atoms with Crippen LogP contribution in [0.25, 0.3) is 11.3 Å². The van der Waals surface area contributed by atoms with Crippen molar-refractivity contribution in [1.82, 2.24) is 14.8 Å². The van der Waals surface area contributed by atoms with Crippen molar-refractivity contribution in [2.45, 2.75) is 0 Å². The summed E-state index contributed by atoms with van der Waals surface area (Å²) < 4.78 is 1.76. The van der Waals surface area contributed by atoms with E-state index in [0.29, 0.717) is 5.82 Å². The summed E-state index contributed by atoms with van der Waals surface area (Å²) in [5.74, 6) is 0.527. The summed E-state index contributed by atoms with van der Waals surface area (Å²) in [6.45, 7) is 0. The molecule has 0 aliphatic carbocycles. The van der Waals surface area contributed by atoms with Crippen molar-refractivity contribution in [1.29, 1.82) is 0 Å². The molecule has 2 N–H and O–H groups in total. The van der Waals surface area contributed by atoms with E-state index in [1.165, 1.54) is 0 Å². The molecule has 2 aromatic heterocycles. The Morgan fingerprint density at radius 3 is 2.69 bits per heavy atom. The number of aromatic nitrogens is 3. The molecule has 0 amide bonds. The molecule has 0 radical (unpaired) electrons. The third kappa shape index (κ3) is 1.51. The van der Waals surface area contributed by atoms with E-state index in [1.54, 1.807) is 16.9 Å². The highest BCUT2D eigenvalue weighted by molar-refractivity contribution is 5.58. The lowest BCUT2D eigenvalue weighted by atomic mass is 10.2. The van der Waals surface area contributed by atoms with Crippen LogP contribution in [0.4, 0.5) is 5.82 Å². The van der Waals surface area contributed by atoms with Crippen LogP contribution in [0.15, 0.2) is 30.6 Å². The highest BCUT2D eigenvalue weighted by Crippen LogP contribution is 2.15. The molecule has 0 aliphatic rings. The van der Waals surface area contributed by atoms with Crippen molar-refractivity contribution in [3.63, 3.8) is 0 Å². The van der Waals surface area contributed by atoms with Gasteiger partial charge in [-0.25, -0.2) is 4.98 Å². The molecule has 0 spiro atoms. The lowest BCUT2D eigenvalue weighted by Gasteiger charge is -1.95. The Morgan fingerprint density at radius 1 is 1.31 bits per heavy atom. The predicted octanol–water partition coefficient (Wildman–Crippen LogP) is 1.06. The van der Waals surface area contributed by atoms with Gasteiger partial charge in [-0.3, -0.25) is 4.68 Å². The van der Waals surface area contributed by atoms with Crippen LogP contribution in [-0.4, -0.2) is 14.8 Å². The van der Waals surface area contributed by atoms with Crippen LogP contribution in [0, 0.1) is 0 Å². The molecule has 66 valence electrons. The van der Waals surface area contributed by atoms with Gasteiger partial charge in [-0.05, 0) is 18.2 Å². The highest BCUT2D eigenvalue weighted by Gasteiger charge is 2.00. The number of nitrogen functional groups attached to an aromatic ring is 1. The normalized spacial score (nSPS) is 10.2. The molecule has 2 aromatic rings. The molecule has 0 unspecified atom stereocenters. The number of hydrogen-bond donors (Lipinski definition) is 1. The van der Waals surface area contributed by atoms with Gasteiger partial charge in [0.25, 0.3) is 0 Å². The van der Waals surface area contributed by atoms with Crippen LogP contribution in [0.2, 0.25) is 0 Å². The molecule has 0 bridgehead atoms. The molecule has 0 aliphatic heterocycles. The van der Waals surface area contributed by atoms with Gasteiger partial charge in [-0.15, -0.1) is 0 Å². The summed E-state index contributed by atoms with van der Waals surface area (Å²) in [6, 6.07) is 5.61. The first-order chi connectivity index (χ1) is 6.25. The molecule has 0 atom stereocenters. The summed E-state index contributed by atoms with van der Waals surface area (Å²) in [5.41, 5.74) is 7.37. The van der Waals surface area contributed by atoms with Gasteiger partial charge in [0.15, 0.2) is 0 Å². The van der Waals surface area contributed by atoms with Crippen LogP contribution < -0.4 is 5.73 Å². The third-order valence-corrected chi connectivity index (χ3v) is 1.80. The minimum Gasteiger partial charge on any atom is -0.384 e. The maximum Gasteiger partial charge on any atom is 0.123 e. The monoisotopic (exact) mass is 174 g/mol. The summed E-state index contributed by atoms with van der Waals surface area (Å²) in [6.07, 6.45) is 3.61. The van der Waals surface area contributed by atoms with E-state index >= 15 is 0 Å². The second-order valence-electron chi connectivity index (χ2n) is 2.85. The molecule has 0 saturated heterocycles. The van der Waals surface area contributed by atoms with Crippen molar-refractivity contribution in [2.75, 3.05) is 5.73 Å². The van der Waals surface area contributed by atoms with Gasteiger partial charge in [0.2, 0.25) is 0 Å². The number of anilines is 1. The van der Waals surface area contributed by atoms with Gasteiger partial charge in [-0.1, -0.05) is 0 Å². The maximum absolute atomic E-state index is 5.47. The first kappa shape index (κ1) is 7.79. The van der Waals surface area contributed by atoms with E-state index < -0.39 is 0 Å². The summed E-state index contributed by atoms with van der Waals surface area (Å²) in [4.78, 5) is 3.99. The van der Waals surface area contributed by atoms with Crippen LogP contribution >= 0.6 is 0 Å². The van der Waals surface area contributed by atoms with Crippen molar-refractivity contribution < 1.29 is 0 Å². The Labute approximate surface area is 76.0 Å². The Morgan fingerprint density at radius 2 is 2.15 bits per heavy atom. The third-order valence-electron chi connectivity index (χ3n) is 1.80. The standard InChI is InChI=1S/C9H10N4/c1-13-5-4-8(12-13)7-2-3-9(10)11-6-7/h2-6H,1H3,(H2,10,11). The smallest absolute Gasteiger partial charge is 0.123 e. The zero-order valence-electron chi connectivity index (χ0n) is 7.31. The predicted molar refractivity (Wildman–Crippen MR) is 50.9 cm³/mol. The number of nitrogens with two attached hydrogens (primary N) is 1. The molecule has 0 aromatic carbocycles. The van der Waals surface area contributed by atoms with E-state index in [0.717, 1.165) is 11.3 Å².